The average molecular weight is 259 g/mol. The summed E-state index contributed by atoms with van der Waals surface area (Å²) in [6.45, 7) is 1.53. The highest BCUT2D eigenvalue weighted by molar-refractivity contribution is 5.29. The third-order valence-corrected chi connectivity index (χ3v) is 2.98. The molecule has 100 valence electrons. The van der Waals surface area contributed by atoms with Gasteiger partial charge in [-0.1, -0.05) is 36.4 Å². The molecule has 0 aliphatic carbocycles. The van der Waals surface area contributed by atoms with Crippen molar-refractivity contribution in [3.63, 3.8) is 0 Å². The molecule has 0 spiro atoms. The van der Waals surface area contributed by atoms with E-state index in [1.165, 1.54) is 18.7 Å². The van der Waals surface area contributed by atoms with Crippen molar-refractivity contribution in [2.75, 3.05) is 13.7 Å². The number of halogens is 1. The SMILES string of the molecule is COc1ccc(CNCCc2ccccc2)cc1F. The minimum Gasteiger partial charge on any atom is -0.494 e. The van der Waals surface area contributed by atoms with Crippen LogP contribution in [-0.2, 0) is 13.0 Å². The van der Waals surface area contributed by atoms with E-state index >= 15 is 0 Å². The van der Waals surface area contributed by atoms with Crippen molar-refractivity contribution in [2.24, 2.45) is 0 Å². The Morgan fingerprint density at radius 1 is 1.05 bits per heavy atom. The minimum atomic E-state index is -0.315. The Kier molecular flexibility index (Phi) is 4.93. The smallest absolute Gasteiger partial charge is 0.165 e. The first-order valence-corrected chi connectivity index (χ1v) is 6.36. The number of nitrogens with one attached hydrogen (secondary N) is 1. The summed E-state index contributed by atoms with van der Waals surface area (Å²) in [7, 11) is 1.47. The van der Waals surface area contributed by atoms with Gasteiger partial charge in [-0.15, -0.1) is 0 Å². The molecular formula is C16H18FNO. The quantitative estimate of drug-likeness (QED) is 0.805. The topological polar surface area (TPSA) is 21.3 Å². The summed E-state index contributed by atoms with van der Waals surface area (Å²) in [6, 6.07) is 15.3. The van der Waals surface area contributed by atoms with E-state index in [1.807, 2.05) is 24.3 Å². The lowest BCUT2D eigenvalue weighted by Gasteiger charge is -2.07. The molecule has 0 saturated carbocycles. The maximum absolute atomic E-state index is 13.5. The number of hydrogen-bond donors (Lipinski definition) is 1. The highest BCUT2D eigenvalue weighted by Crippen LogP contribution is 2.17. The van der Waals surface area contributed by atoms with Crippen molar-refractivity contribution in [3.05, 3.63) is 65.5 Å². The van der Waals surface area contributed by atoms with Gasteiger partial charge in [0.05, 0.1) is 7.11 Å². The van der Waals surface area contributed by atoms with Gasteiger partial charge in [0, 0.05) is 6.54 Å². The molecule has 2 nitrogen and oxygen atoms in total. The van der Waals surface area contributed by atoms with Gasteiger partial charge in [-0.25, -0.2) is 4.39 Å². The molecule has 0 amide bonds. The number of ether oxygens (including phenoxy) is 1. The first kappa shape index (κ1) is 13.6. The Labute approximate surface area is 113 Å². The second-order valence-corrected chi connectivity index (χ2v) is 4.38. The molecule has 3 heteroatoms. The first-order valence-electron chi connectivity index (χ1n) is 6.36. The molecule has 0 bridgehead atoms. The van der Waals surface area contributed by atoms with Crippen LogP contribution in [0.25, 0.3) is 0 Å². The Bertz CT molecular complexity index is 513. The van der Waals surface area contributed by atoms with Gasteiger partial charge in [-0.2, -0.15) is 0 Å². The number of benzene rings is 2. The van der Waals surface area contributed by atoms with Crippen molar-refractivity contribution >= 4 is 0 Å². The van der Waals surface area contributed by atoms with Gasteiger partial charge < -0.3 is 10.1 Å². The van der Waals surface area contributed by atoms with Crippen LogP contribution in [-0.4, -0.2) is 13.7 Å². The minimum absolute atomic E-state index is 0.285. The van der Waals surface area contributed by atoms with E-state index in [4.69, 9.17) is 4.74 Å². The fourth-order valence-electron chi connectivity index (χ4n) is 1.93. The summed E-state index contributed by atoms with van der Waals surface area (Å²) in [4.78, 5) is 0. The Morgan fingerprint density at radius 3 is 2.53 bits per heavy atom. The van der Waals surface area contributed by atoms with E-state index < -0.39 is 0 Å². The van der Waals surface area contributed by atoms with Crippen LogP contribution in [0.2, 0.25) is 0 Å². The van der Waals surface area contributed by atoms with Crippen molar-refractivity contribution in [1.82, 2.24) is 5.32 Å². The van der Waals surface area contributed by atoms with Crippen LogP contribution in [0.4, 0.5) is 4.39 Å². The largest absolute Gasteiger partial charge is 0.494 e. The molecule has 0 heterocycles. The predicted octanol–water partition coefficient (Wildman–Crippen LogP) is 3.17. The zero-order valence-corrected chi connectivity index (χ0v) is 11.0. The van der Waals surface area contributed by atoms with Crippen molar-refractivity contribution in [3.8, 4) is 5.75 Å². The third-order valence-electron chi connectivity index (χ3n) is 2.98. The van der Waals surface area contributed by atoms with E-state index in [2.05, 4.69) is 17.4 Å². The Hall–Kier alpha value is -1.87. The van der Waals surface area contributed by atoms with Gasteiger partial charge in [-0.05, 0) is 36.2 Å². The molecule has 0 unspecified atom stereocenters. The molecule has 0 aliphatic rings. The molecule has 2 aromatic carbocycles. The monoisotopic (exact) mass is 259 g/mol. The Balaban J connectivity index is 1.78. The number of rotatable bonds is 6. The van der Waals surface area contributed by atoms with E-state index in [-0.39, 0.29) is 11.6 Å². The van der Waals surface area contributed by atoms with Gasteiger partial charge >= 0.3 is 0 Å². The zero-order valence-electron chi connectivity index (χ0n) is 11.0. The molecular weight excluding hydrogens is 241 g/mol. The van der Waals surface area contributed by atoms with Crippen LogP contribution in [0.1, 0.15) is 11.1 Å². The van der Waals surface area contributed by atoms with E-state index in [0.717, 1.165) is 18.5 Å². The number of methoxy groups -OCH3 is 1. The summed E-state index contributed by atoms with van der Waals surface area (Å²) in [5.74, 6) is -0.0297. The molecule has 19 heavy (non-hydrogen) atoms. The van der Waals surface area contributed by atoms with Crippen LogP contribution >= 0.6 is 0 Å². The highest BCUT2D eigenvalue weighted by Gasteiger charge is 2.02. The second kappa shape index (κ2) is 6.90. The normalized spacial score (nSPS) is 10.4. The summed E-state index contributed by atoms with van der Waals surface area (Å²) in [5, 5.41) is 3.31. The fraction of sp³-hybridized carbons (Fsp3) is 0.250. The van der Waals surface area contributed by atoms with Gasteiger partial charge in [0.1, 0.15) is 0 Å². The summed E-state index contributed by atoms with van der Waals surface area (Å²) < 4.78 is 18.4. The van der Waals surface area contributed by atoms with Crippen LogP contribution < -0.4 is 10.1 Å². The molecule has 2 aromatic rings. The lowest BCUT2D eigenvalue weighted by Crippen LogP contribution is -2.16. The summed E-state index contributed by atoms with van der Waals surface area (Å²) >= 11 is 0. The fourth-order valence-corrected chi connectivity index (χ4v) is 1.93. The maximum Gasteiger partial charge on any atom is 0.165 e. The predicted molar refractivity (Wildman–Crippen MR) is 74.8 cm³/mol. The van der Waals surface area contributed by atoms with Crippen molar-refractivity contribution in [1.29, 1.82) is 0 Å². The van der Waals surface area contributed by atoms with Crippen molar-refractivity contribution < 1.29 is 9.13 Å². The van der Waals surface area contributed by atoms with E-state index in [9.17, 15) is 4.39 Å². The molecule has 0 fully saturated rings. The van der Waals surface area contributed by atoms with Gasteiger partial charge in [0.25, 0.3) is 0 Å². The molecule has 0 aliphatic heterocycles. The van der Waals surface area contributed by atoms with Crippen LogP contribution in [0.5, 0.6) is 5.75 Å². The van der Waals surface area contributed by atoms with Crippen LogP contribution in [0.3, 0.4) is 0 Å². The molecule has 0 atom stereocenters. The molecule has 0 aromatic heterocycles. The standard InChI is InChI=1S/C16H18FNO/c1-19-16-8-7-14(11-15(16)17)12-18-10-9-13-5-3-2-4-6-13/h2-8,11,18H,9-10,12H2,1H3. The van der Waals surface area contributed by atoms with Gasteiger partial charge in [0.15, 0.2) is 11.6 Å². The lowest BCUT2D eigenvalue weighted by molar-refractivity contribution is 0.386. The Morgan fingerprint density at radius 2 is 1.84 bits per heavy atom. The van der Waals surface area contributed by atoms with E-state index in [0.29, 0.717) is 6.54 Å². The van der Waals surface area contributed by atoms with Gasteiger partial charge in [0.2, 0.25) is 0 Å². The average Bonchev–Trinajstić information content (AvgIpc) is 2.45. The number of hydrogen-bond acceptors (Lipinski definition) is 2. The zero-order chi connectivity index (χ0) is 13.5. The van der Waals surface area contributed by atoms with E-state index in [1.54, 1.807) is 6.07 Å². The first-order chi connectivity index (χ1) is 9.29. The highest BCUT2D eigenvalue weighted by atomic mass is 19.1. The summed E-state index contributed by atoms with van der Waals surface area (Å²) in [5.41, 5.74) is 2.22. The molecule has 0 saturated heterocycles. The maximum atomic E-state index is 13.5. The van der Waals surface area contributed by atoms with Crippen LogP contribution in [0, 0.1) is 5.82 Å². The third kappa shape index (κ3) is 4.07. The molecule has 1 N–H and O–H groups in total. The molecule has 2 rings (SSSR count). The van der Waals surface area contributed by atoms with Gasteiger partial charge in [-0.3, -0.25) is 0 Å². The van der Waals surface area contributed by atoms with Crippen LogP contribution in [0.15, 0.2) is 48.5 Å². The van der Waals surface area contributed by atoms with Crippen molar-refractivity contribution in [2.45, 2.75) is 13.0 Å². The molecule has 0 radical (unpaired) electrons. The summed E-state index contributed by atoms with van der Waals surface area (Å²) in [6.07, 6.45) is 0.972. The lowest BCUT2D eigenvalue weighted by atomic mass is 10.1. The second-order valence-electron chi connectivity index (χ2n) is 4.38.